The lowest BCUT2D eigenvalue weighted by atomic mass is 10.2. The molecule has 0 radical (unpaired) electrons. The minimum Gasteiger partial charge on any atom is -0.257 e. The topological polar surface area (TPSA) is 24.7 Å². The van der Waals surface area contributed by atoms with Gasteiger partial charge in [-0.25, -0.2) is 0 Å². The van der Waals surface area contributed by atoms with Gasteiger partial charge in [0, 0.05) is 17.8 Å². The normalized spacial score (nSPS) is 18.6. The van der Waals surface area contributed by atoms with Crippen molar-refractivity contribution < 1.29 is 0 Å². The van der Waals surface area contributed by atoms with Gasteiger partial charge in [0.05, 0.1) is 11.4 Å². The first-order valence-corrected chi connectivity index (χ1v) is 7.46. The van der Waals surface area contributed by atoms with Crippen LogP contribution < -0.4 is 0 Å². The van der Waals surface area contributed by atoms with E-state index in [9.17, 15) is 0 Å². The third-order valence-electron chi connectivity index (χ3n) is 3.90. The van der Waals surface area contributed by atoms with E-state index in [2.05, 4.69) is 50.2 Å². The van der Waals surface area contributed by atoms with Crippen molar-refractivity contribution in [3.63, 3.8) is 0 Å². The van der Waals surface area contributed by atoms with Crippen LogP contribution in [0.3, 0.4) is 0 Å². The fraction of sp³-hybridized carbons (Fsp3) is 0.263. The molecule has 1 aliphatic carbocycles. The molecule has 0 spiro atoms. The largest absolute Gasteiger partial charge is 0.257 e. The number of hydrogen-bond donors (Lipinski definition) is 0. The van der Waals surface area contributed by atoms with Crippen molar-refractivity contribution in [3.8, 4) is 0 Å². The van der Waals surface area contributed by atoms with Crippen LogP contribution in [0, 0.1) is 13.8 Å². The highest BCUT2D eigenvalue weighted by molar-refractivity contribution is 6.12. The first kappa shape index (κ1) is 13.7. The molecule has 0 aromatic heterocycles. The fourth-order valence-electron chi connectivity index (χ4n) is 2.61. The highest BCUT2D eigenvalue weighted by Gasteiger charge is 2.16. The molecule has 2 nitrogen and oxygen atoms in total. The van der Waals surface area contributed by atoms with Crippen molar-refractivity contribution >= 4 is 22.8 Å². The van der Waals surface area contributed by atoms with Gasteiger partial charge in [0.2, 0.25) is 0 Å². The summed E-state index contributed by atoms with van der Waals surface area (Å²) < 4.78 is 0. The van der Waals surface area contributed by atoms with E-state index in [1.54, 1.807) is 0 Å². The Morgan fingerprint density at radius 2 is 1.10 bits per heavy atom. The summed E-state index contributed by atoms with van der Waals surface area (Å²) in [4.78, 5) is 9.62. The van der Waals surface area contributed by atoms with E-state index in [0.29, 0.717) is 0 Å². The number of benzene rings is 2. The summed E-state index contributed by atoms with van der Waals surface area (Å²) in [7, 11) is 0. The molecule has 2 aromatic rings. The standard InChI is InChI=1S/C19H20N2/c1-14-7-3-5-9-18(14)20-16-11-12-17(13-16)21-19-10-6-4-8-15(19)2/h3-10H,11-13H2,1-2H3. The van der Waals surface area contributed by atoms with Crippen molar-refractivity contribution in [3.05, 3.63) is 59.7 Å². The number of para-hydroxylation sites is 2. The predicted molar refractivity (Wildman–Crippen MR) is 90.4 cm³/mol. The molecular weight excluding hydrogens is 256 g/mol. The smallest absolute Gasteiger partial charge is 0.0658 e. The van der Waals surface area contributed by atoms with E-state index in [4.69, 9.17) is 9.98 Å². The molecular formula is C19H20N2. The number of rotatable bonds is 2. The Morgan fingerprint density at radius 1 is 0.667 bits per heavy atom. The van der Waals surface area contributed by atoms with Crippen LogP contribution in [0.5, 0.6) is 0 Å². The van der Waals surface area contributed by atoms with Gasteiger partial charge < -0.3 is 0 Å². The molecule has 1 saturated carbocycles. The van der Waals surface area contributed by atoms with Crippen molar-refractivity contribution in [2.24, 2.45) is 9.98 Å². The summed E-state index contributed by atoms with van der Waals surface area (Å²) in [5.41, 5.74) is 7.13. The van der Waals surface area contributed by atoms with Crippen LogP contribution in [0.4, 0.5) is 11.4 Å². The Balaban J connectivity index is 1.80. The highest BCUT2D eigenvalue weighted by Crippen LogP contribution is 2.25. The van der Waals surface area contributed by atoms with Gasteiger partial charge in [-0.3, -0.25) is 9.98 Å². The molecule has 0 saturated heterocycles. The molecule has 0 bridgehead atoms. The molecule has 21 heavy (non-hydrogen) atoms. The third kappa shape index (κ3) is 3.27. The van der Waals surface area contributed by atoms with E-state index < -0.39 is 0 Å². The minimum absolute atomic E-state index is 0.905. The molecule has 1 fully saturated rings. The number of hydrogen-bond acceptors (Lipinski definition) is 2. The zero-order chi connectivity index (χ0) is 14.7. The van der Waals surface area contributed by atoms with E-state index >= 15 is 0 Å². The third-order valence-corrected chi connectivity index (χ3v) is 3.90. The zero-order valence-corrected chi connectivity index (χ0v) is 12.6. The highest BCUT2D eigenvalue weighted by atomic mass is 14.8. The quantitative estimate of drug-likeness (QED) is 0.708. The first-order valence-electron chi connectivity index (χ1n) is 7.46. The van der Waals surface area contributed by atoms with Crippen molar-refractivity contribution in [2.75, 3.05) is 0 Å². The SMILES string of the molecule is Cc1ccccc1N=C1CCC(=Nc2ccccc2C)C1. The second-order valence-corrected chi connectivity index (χ2v) is 5.61. The lowest BCUT2D eigenvalue weighted by Gasteiger charge is -2.01. The number of aliphatic imine (C=N–C) groups is 2. The van der Waals surface area contributed by atoms with Gasteiger partial charge in [0.1, 0.15) is 0 Å². The Hall–Kier alpha value is -2.22. The van der Waals surface area contributed by atoms with E-state index in [1.807, 2.05) is 12.1 Å². The Morgan fingerprint density at radius 3 is 1.52 bits per heavy atom. The molecule has 1 aliphatic rings. The average molecular weight is 276 g/mol. The summed E-state index contributed by atoms with van der Waals surface area (Å²) in [5, 5.41) is 0. The van der Waals surface area contributed by atoms with E-state index in [0.717, 1.165) is 30.6 Å². The van der Waals surface area contributed by atoms with Gasteiger partial charge in [-0.15, -0.1) is 0 Å². The average Bonchev–Trinajstić information content (AvgIpc) is 2.91. The van der Waals surface area contributed by atoms with Crippen molar-refractivity contribution in [2.45, 2.75) is 33.1 Å². The van der Waals surface area contributed by atoms with E-state index in [1.165, 1.54) is 22.6 Å². The lowest BCUT2D eigenvalue weighted by Crippen LogP contribution is -1.93. The molecule has 0 amide bonds. The van der Waals surface area contributed by atoms with Gasteiger partial charge in [-0.05, 0) is 49.9 Å². The Labute approximate surface area is 126 Å². The van der Waals surface area contributed by atoms with Gasteiger partial charge >= 0.3 is 0 Å². The second kappa shape index (κ2) is 6.04. The van der Waals surface area contributed by atoms with Gasteiger partial charge in [0.25, 0.3) is 0 Å². The molecule has 0 heterocycles. The molecule has 0 N–H and O–H groups in total. The summed E-state index contributed by atoms with van der Waals surface area (Å²) in [6.45, 7) is 4.22. The van der Waals surface area contributed by atoms with Crippen LogP contribution in [0.15, 0.2) is 58.5 Å². The lowest BCUT2D eigenvalue weighted by molar-refractivity contribution is 1.18. The van der Waals surface area contributed by atoms with Crippen LogP contribution in [-0.4, -0.2) is 11.4 Å². The molecule has 2 aromatic carbocycles. The van der Waals surface area contributed by atoms with Crippen LogP contribution in [0.1, 0.15) is 30.4 Å². The summed E-state index contributed by atoms with van der Waals surface area (Å²) in [6.07, 6.45) is 2.96. The first-order chi connectivity index (χ1) is 10.2. The molecule has 106 valence electrons. The van der Waals surface area contributed by atoms with Gasteiger partial charge in [0.15, 0.2) is 0 Å². The van der Waals surface area contributed by atoms with Crippen molar-refractivity contribution in [1.82, 2.24) is 0 Å². The summed E-state index contributed by atoms with van der Waals surface area (Å²) in [6, 6.07) is 16.6. The Bertz CT molecular complexity index is 650. The minimum atomic E-state index is 0.905. The zero-order valence-electron chi connectivity index (χ0n) is 12.6. The maximum absolute atomic E-state index is 4.81. The van der Waals surface area contributed by atoms with E-state index in [-0.39, 0.29) is 0 Å². The molecule has 2 heteroatoms. The number of nitrogens with zero attached hydrogens (tertiary/aromatic N) is 2. The molecule has 0 aliphatic heterocycles. The predicted octanol–water partition coefficient (Wildman–Crippen LogP) is 5.33. The molecule has 3 rings (SSSR count). The second-order valence-electron chi connectivity index (χ2n) is 5.61. The molecule has 0 atom stereocenters. The van der Waals surface area contributed by atoms with Crippen molar-refractivity contribution in [1.29, 1.82) is 0 Å². The monoisotopic (exact) mass is 276 g/mol. The number of aryl methyl sites for hydroxylation is 2. The van der Waals surface area contributed by atoms with Crippen LogP contribution in [0.25, 0.3) is 0 Å². The van der Waals surface area contributed by atoms with Crippen LogP contribution >= 0.6 is 0 Å². The fourth-order valence-corrected chi connectivity index (χ4v) is 2.61. The maximum atomic E-state index is 4.81. The van der Waals surface area contributed by atoms with Gasteiger partial charge in [-0.2, -0.15) is 0 Å². The van der Waals surface area contributed by atoms with Crippen LogP contribution in [-0.2, 0) is 0 Å². The maximum Gasteiger partial charge on any atom is 0.0658 e. The Kier molecular flexibility index (Phi) is 3.96. The summed E-state index contributed by atoms with van der Waals surface area (Å²) >= 11 is 0. The molecule has 0 unspecified atom stereocenters. The van der Waals surface area contributed by atoms with Crippen LogP contribution in [0.2, 0.25) is 0 Å². The summed E-state index contributed by atoms with van der Waals surface area (Å²) in [5.74, 6) is 0. The van der Waals surface area contributed by atoms with Gasteiger partial charge in [-0.1, -0.05) is 36.4 Å².